The highest BCUT2D eigenvalue weighted by molar-refractivity contribution is 7.92. The SMILES string of the molecule is Cc1csc([C@@H](C)CNC(=O)c2ccc(N(C)S(C)(=O)=O)cc2)n1. The first kappa shape index (κ1) is 18.4. The van der Waals surface area contributed by atoms with Crippen molar-refractivity contribution in [3.05, 3.63) is 45.9 Å². The quantitative estimate of drug-likeness (QED) is 0.850. The predicted molar refractivity (Wildman–Crippen MR) is 97.3 cm³/mol. The zero-order valence-corrected chi connectivity index (χ0v) is 15.7. The van der Waals surface area contributed by atoms with E-state index in [1.54, 1.807) is 35.6 Å². The summed E-state index contributed by atoms with van der Waals surface area (Å²) in [6, 6.07) is 6.46. The minimum absolute atomic E-state index is 0.142. The first-order chi connectivity index (χ1) is 11.2. The topological polar surface area (TPSA) is 79.4 Å². The van der Waals surface area contributed by atoms with Crippen LogP contribution >= 0.6 is 11.3 Å². The third kappa shape index (κ3) is 4.55. The number of anilines is 1. The maximum Gasteiger partial charge on any atom is 0.251 e. The van der Waals surface area contributed by atoms with Crippen LogP contribution in [0, 0.1) is 6.92 Å². The number of benzene rings is 1. The van der Waals surface area contributed by atoms with E-state index in [4.69, 9.17) is 0 Å². The summed E-state index contributed by atoms with van der Waals surface area (Å²) in [5.41, 5.74) is 1.99. The molecule has 1 amide bonds. The maximum absolute atomic E-state index is 12.2. The molecule has 0 saturated carbocycles. The third-order valence-electron chi connectivity index (χ3n) is 3.62. The molecule has 130 valence electrons. The van der Waals surface area contributed by atoms with Crippen LogP contribution in [0.4, 0.5) is 5.69 Å². The molecule has 2 aromatic rings. The molecule has 0 spiro atoms. The van der Waals surface area contributed by atoms with Gasteiger partial charge in [0.15, 0.2) is 0 Å². The van der Waals surface area contributed by atoms with Gasteiger partial charge in [0.1, 0.15) is 0 Å². The van der Waals surface area contributed by atoms with Gasteiger partial charge in [-0.3, -0.25) is 9.10 Å². The lowest BCUT2D eigenvalue weighted by Crippen LogP contribution is -2.28. The van der Waals surface area contributed by atoms with Gasteiger partial charge in [-0.05, 0) is 31.2 Å². The molecule has 6 nitrogen and oxygen atoms in total. The van der Waals surface area contributed by atoms with E-state index in [1.165, 1.54) is 11.4 Å². The lowest BCUT2D eigenvalue weighted by Gasteiger charge is -2.16. The van der Waals surface area contributed by atoms with Crippen molar-refractivity contribution < 1.29 is 13.2 Å². The first-order valence-electron chi connectivity index (χ1n) is 7.42. The molecule has 0 aliphatic rings. The molecule has 1 N–H and O–H groups in total. The van der Waals surface area contributed by atoms with Gasteiger partial charge in [0, 0.05) is 36.1 Å². The number of sulfonamides is 1. The number of carbonyl (C=O) groups is 1. The van der Waals surface area contributed by atoms with Crippen molar-refractivity contribution in [2.75, 3.05) is 24.2 Å². The Hall–Kier alpha value is -1.93. The van der Waals surface area contributed by atoms with Crippen LogP contribution in [0.2, 0.25) is 0 Å². The van der Waals surface area contributed by atoms with Crippen molar-refractivity contribution in [2.24, 2.45) is 0 Å². The number of carbonyl (C=O) groups excluding carboxylic acids is 1. The van der Waals surface area contributed by atoms with Crippen molar-refractivity contribution in [1.29, 1.82) is 0 Å². The van der Waals surface area contributed by atoms with Crippen LogP contribution in [-0.4, -0.2) is 39.2 Å². The van der Waals surface area contributed by atoms with Gasteiger partial charge < -0.3 is 5.32 Å². The highest BCUT2D eigenvalue weighted by atomic mass is 32.2. The summed E-state index contributed by atoms with van der Waals surface area (Å²) in [7, 11) is -1.84. The molecule has 0 unspecified atom stereocenters. The molecule has 1 aromatic carbocycles. The largest absolute Gasteiger partial charge is 0.351 e. The number of nitrogens with one attached hydrogen (secondary N) is 1. The van der Waals surface area contributed by atoms with Gasteiger partial charge in [-0.1, -0.05) is 6.92 Å². The molecule has 0 fully saturated rings. The second-order valence-corrected chi connectivity index (χ2v) is 8.62. The Kier molecular flexibility index (Phi) is 5.61. The van der Waals surface area contributed by atoms with Gasteiger partial charge in [0.05, 0.1) is 17.0 Å². The van der Waals surface area contributed by atoms with Crippen molar-refractivity contribution in [1.82, 2.24) is 10.3 Å². The molecule has 1 aromatic heterocycles. The van der Waals surface area contributed by atoms with E-state index in [2.05, 4.69) is 10.3 Å². The molecule has 0 saturated heterocycles. The minimum Gasteiger partial charge on any atom is -0.351 e. The minimum atomic E-state index is -3.31. The summed E-state index contributed by atoms with van der Waals surface area (Å²) in [6.45, 7) is 4.46. The van der Waals surface area contributed by atoms with E-state index >= 15 is 0 Å². The number of aryl methyl sites for hydroxylation is 1. The molecule has 0 radical (unpaired) electrons. The lowest BCUT2D eigenvalue weighted by molar-refractivity contribution is 0.0951. The number of hydrogen-bond donors (Lipinski definition) is 1. The molecule has 0 aliphatic carbocycles. The maximum atomic E-state index is 12.2. The van der Waals surface area contributed by atoms with Crippen LogP contribution in [0.1, 0.15) is 33.9 Å². The van der Waals surface area contributed by atoms with Gasteiger partial charge in [0.25, 0.3) is 5.91 Å². The Bertz CT molecular complexity index is 813. The Morgan fingerprint density at radius 1 is 1.33 bits per heavy atom. The summed E-state index contributed by atoms with van der Waals surface area (Å²) in [6.07, 6.45) is 1.13. The molecular formula is C16H21N3O3S2. The summed E-state index contributed by atoms with van der Waals surface area (Å²) in [4.78, 5) is 16.6. The smallest absolute Gasteiger partial charge is 0.251 e. The fourth-order valence-electron chi connectivity index (χ4n) is 2.05. The van der Waals surface area contributed by atoms with E-state index in [9.17, 15) is 13.2 Å². The number of nitrogens with zero attached hydrogens (tertiary/aromatic N) is 2. The van der Waals surface area contributed by atoms with Crippen LogP contribution in [0.15, 0.2) is 29.6 Å². The zero-order valence-electron chi connectivity index (χ0n) is 14.1. The van der Waals surface area contributed by atoms with E-state index in [1.807, 2.05) is 19.2 Å². The molecule has 24 heavy (non-hydrogen) atoms. The molecule has 0 aliphatic heterocycles. The Balaban J connectivity index is 1.98. The second kappa shape index (κ2) is 7.31. The van der Waals surface area contributed by atoms with E-state index < -0.39 is 10.0 Å². The van der Waals surface area contributed by atoms with Crippen molar-refractivity contribution in [2.45, 2.75) is 19.8 Å². The first-order valence-corrected chi connectivity index (χ1v) is 10.2. The van der Waals surface area contributed by atoms with Gasteiger partial charge in [-0.2, -0.15) is 0 Å². The number of thiazole rings is 1. The van der Waals surface area contributed by atoms with Crippen LogP contribution in [0.3, 0.4) is 0 Å². The van der Waals surface area contributed by atoms with Gasteiger partial charge in [-0.25, -0.2) is 13.4 Å². The van der Waals surface area contributed by atoms with Gasteiger partial charge in [0.2, 0.25) is 10.0 Å². The highest BCUT2D eigenvalue weighted by Crippen LogP contribution is 2.19. The summed E-state index contributed by atoms with van der Waals surface area (Å²) in [5.74, 6) is -0.0491. The normalized spacial score (nSPS) is 12.7. The monoisotopic (exact) mass is 367 g/mol. The number of aromatic nitrogens is 1. The fourth-order valence-corrected chi connectivity index (χ4v) is 3.41. The highest BCUT2D eigenvalue weighted by Gasteiger charge is 2.14. The number of amides is 1. The van der Waals surface area contributed by atoms with E-state index in [0.29, 0.717) is 17.8 Å². The van der Waals surface area contributed by atoms with E-state index in [0.717, 1.165) is 17.0 Å². The Morgan fingerprint density at radius 2 is 1.96 bits per heavy atom. The standard InChI is InChI=1S/C16H21N3O3S2/c1-11(16-18-12(2)10-23-16)9-17-15(20)13-5-7-14(8-6-13)19(3)24(4,21)22/h5-8,10-11H,9H2,1-4H3,(H,17,20)/t11-/m0/s1. The molecule has 1 atom stereocenters. The number of hydrogen-bond acceptors (Lipinski definition) is 5. The van der Waals surface area contributed by atoms with Gasteiger partial charge >= 0.3 is 0 Å². The van der Waals surface area contributed by atoms with Crippen LogP contribution in [-0.2, 0) is 10.0 Å². The zero-order chi connectivity index (χ0) is 17.9. The molecule has 1 heterocycles. The molecule has 0 bridgehead atoms. The van der Waals surface area contributed by atoms with Crippen LogP contribution < -0.4 is 9.62 Å². The van der Waals surface area contributed by atoms with E-state index in [-0.39, 0.29) is 11.8 Å². The average molecular weight is 367 g/mol. The Morgan fingerprint density at radius 3 is 2.46 bits per heavy atom. The molecular weight excluding hydrogens is 346 g/mol. The second-order valence-electron chi connectivity index (χ2n) is 5.72. The molecule has 8 heteroatoms. The van der Waals surface area contributed by atoms with Crippen molar-refractivity contribution >= 4 is 33.0 Å². The average Bonchev–Trinajstić information content (AvgIpc) is 2.97. The summed E-state index contributed by atoms with van der Waals surface area (Å²) >= 11 is 1.59. The Labute approximate surface area is 146 Å². The van der Waals surface area contributed by atoms with Gasteiger partial charge in [-0.15, -0.1) is 11.3 Å². The summed E-state index contributed by atoms with van der Waals surface area (Å²) < 4.78 is 24.2. The molecule has 2 rings (SSSR count). The van der Waals surface area contributed by atoms with Crippen molar-refractivity contribution in [3.63, 3.8) is 0 Å². The lowest BCUT2D eigenvalue weighted by atomic mass is 10.1. The summed E-state index contributed by atoms with van der Waals surface area (Å²) in [5, 5.41) is 5.87. The fraction of sp³-hybridized carbons (Fsp3) is 0.375. The van der Waals surface area contributed by atoms with Crippen LogP contribution in [0.5, 0.6) is 0 Å². The number of rotatable bonds is 6. The third-order valence-corrected chi connectivity index (χ3v) is 6.02. The predicted octanol–water partition coefficient (Wildman–Crippen LogP) is 2.38. The van der Waals surface area contributed by atoms with Crippen molar-refractivity contribution in [3.8, 4) is 0 Å². The van der Waals surface area contributed by atoms with Crippen LogP contribution in [0.25, 0.3) is 0 Å².